The van der Waals surface area contributed by atoms with E-state index in [1.807, 2.05) is 6.07 Å². The third-order valence-electron chi connectivity index (χ3n) is 5.98. The number of phenolic OH excluding ortho intramolecular Hbond substituents is 1. The second kappa shape index (κ2) is 7.14. The first-order chi connectivity index (χ1) is 11.5. The van der Waals surface area contributed by atoms with Gasteiger partial charge in [0.1, 0.15) is 5.75 Å². The molecule has 0 radical (unpaired) electrons. The Morgan fingerprint density at radius 3 is 2.50 bits per heavy atom. The molecule has 0 spiro atoms. The maximum Gasteiger partial charge on any atom is 0.138 e. The molecule has 24 heavy (non-hydrogen) atoms. The van der Waals surface area contributed by atoms with Gasteiger partial charge in [0, 0.05) is 30.4 Å². The highest BCUT2D eigenvalue weighted by atomic mass is 16.3. The molecule has 3 N–H and O–H groups in total. The van der Waals surface area contributed by atoms with Gasteiger partial charge in [-0.05, 0) is 63.3 Å². The summed E-state index contributed by atoms with van der Waals surface area (Å²) < 4.78 is 0. The van der Waals surface area contributed by atoms with Crippen molar-refractivity contribution in [2.45, 2.75) is 70.4 Å². The van der Waals surface area contributed by atoms with Crippen LogP contribution in [0.2, 0.25) is 0 Å². The Kier molecular flexibility index (Phi) is 5.14. The van der Waals surface area contributed by atoms with Crippen LogP contribution < -0.4 is 5.32 Å². The van der Waals surface area contributed by atoms with E-state index in [0.29, 0.717) is 17.3 Å². The van der Waals surface area contributed by atoms with E-state index in [2.05, 4.69) is 17.1 Å². The minimum atomic E-state index is 0.279. The summed E-state index contributed by atoms with van der Waals surface area (Å²) in [6.45, 7) is 6.50. The molecule has 3 rings (SSSR count). The highest BCUT2D eigenvalue weighted by Gasteiger charge is 2.35. The number of rotatable bonds is 4. The molecular formula is C20H31N3O. The fourth-order valence-corrected chi connectivity index (χ4v) is 4.30. The molecule has 0 unspecified atom stereocenters. The average Bonchev–Trinajstić information content (AvgIpc) is 2.58. The summed E-state index contributed by atoms with van der Waals surface area (Å²) in [6, 6.07) is 5.79. The molecule has 132 valence electrons. The van der Waals surface area contributed by atoms with E-state index in [1.165, 1.54) is 32.1 Å². The second-order valence-electron chi connectivity index (χ2n) is 7.82. The Bertz CT molecular complexity index is 585. The molecular weight excluding hydrogens is 298 g/mol. The van der Waals surface area contributed by atoms with Crippen molar-refractivity contribution in [3.63, 3.8) is 0 Å². The van der Waals surface area contributed by atoms with Gasteiger partial charge < -0.3 is 15.8 Å². The Morgan fingerprint density at radius 1 is 1.21 bits per heavy atom. The fourth-order valence-electron chi connectivity index (χ4n) is 4.30. The van der Waals surface area contributed by atoms with Gasteiger partial charge in [-0.25, -0.2) is 0 Å². The van der Waals surface area contributed by atoms with Crippen LogP contribution in [0.25, 0.3) is 0 Å². The molecule has 1 heterocycles. The number of phenols is 1. The third kappa shape index (κ3) is 3.75. The van der Waals surface area contributed by atoms with Crippen LogP contribution in [-0.4, -0.2) is 40.4 Å². The van der Waals surface area contributed by atoms with Gasteiger partial charge in [0.05, 0.1) is 5.69 Å². The summed E-state index contributed by atoms with van der Waals surface area (Å²) >= 11 is 0. The zero-order valence-electron chi connectivity index (χ0n) is 15.1. The van der Waals surface area contributed by atoms with E-state index in [1.54, 1.807) is 19.1 Å². The maximum atomic E-state index is 10.1. The number of anilines is 1. The van der Waals surface area contributed by atoms with Gasteiger partial charge >= 0.3 is 0 Å². The normalized spacial score (nSPS) is 22.2. The van der Waals surface area contributed by atoms with Crippen molar-refractivity contribution in [3.05, 3.63) is 23.8 Å². The molecule has 1 aromatic carbocycles. The summed E-state index contributed by atoms with van der Waals surface area (Å²) in [6.07, 6.45) is 9.05. The van der Waals surface area contributed by atoms with E-state index in [0.717, 1.165) is 37.2 Å². The van der Waals surface area contributed by atoms with E-state index >= 15 is 0 Å². The van der Waals surface area contributed by atoms with E-state index in [-0.39, 0.29) is 5.75 Å². The monoisotopic (exact) mass is 329 g/mol. The minimum absolute atomic E-state index is 0.279. The van der Waals surface area contributed by atoms with Gasteiger partial charge in [-0.1, -0.05) is 19.3 Å². The average molecular weight is 329 g/mol. The molecule has 1 saturated heterocycles. The first kappa shape index (κ1) is 17.3. The summed E-state index contributed by atoms with van der Waals surface area (Å²) in [5.41, 5.74) is 2.56. The third-order valence-corrected chi connectivity index (χ3v) is 5.98. The first-order valence-corrected chi connectivity index (χ1v) is 9.38. The molecule has 1 saturated carbocycles. The van der Waals surface area contributed by atoms with Crippen LogP contribution in [0.1, 0.15) is 64.4 Å². The second-order valence-corrected chi connectivity index (χ2v) is 7.82. The largest absolute Gasteiger partial charge is 0.506 e. The van der Waals surface area contributed by atoms with E-state index < -0.39 is 0 Å². The van der Waals surface area contributed by atoms with Gasteiger partial charge in [0.2, 0.25) is 0 Å². The highest BCUT2D eigenvalue weighted by Crippen LogP contribution is 2.35. The molecule has 2 fully saturated rings. The summed E-state index contributed by atoms with van der Waals surface area (Å²) in [5, 5.41) is 21.4. The van der Waals surface area contributed by atoms with Crippen molar-refractivity contribution < 1.29 is 5.11 Å². The molecule has 4 nitrogen and oxygen atoms in total. The molecule has 2 aliphatic rings. The Morgan fingerprint density at radius 2 is 1.88 bits per heavy atom. The molecule has 0 bridgehead atoms. The van der Waals surface area contributed by atoms with Gasteiger partial charge in [0.25, 0.3) is 0 Å². The van der Waals surface area contributed by atoms with E-state index in [4.69, 9.17) is 5.41 Å². The quantitative estimate of drug-likeness (QED) is 0.567. The Balaban J connectivity index is 1.59. The van der Waals surface area contributed by atoms with E-state index in [9.17, 15) is 5.11 Å². The molecule has 0 aromatic heterocycles. The number of nitrogens with one attached hydrogen (secondary N) is 2. The number of hydrogen-bond acceptors (Lipinski definition) is 4. The SMILES string of the molecule is CC(=N)c1ccc(O)c(NC2CCN(C3(C)CCCCC3)CC2)c1. The van der Waals surface area contributed by atoms with Crippen molar-refractivity contribution in [2.75, 3.05) is 18.4 Å². The van der Waals surface area contributed by atoms with Crippen LogP contribution in [-0.2, 0) is 0 Å². The van der Waals surface area contributed by atoms with Crippen molar-refractivity contribution in [1.29, 1.82) is 5.41 Å². The smallest absolute Gasteiger partial charge is 0.138 e. The maximum absolute atomic E-state index is 10.1. The van der Waals surface area contributed by atoms with Gasteiger partial charge in [-0.3, -0.25) is 4.90 Å². The first-order valence-electron chi connectivity index (χ1n) is 9.38. The topological polar surface area (TPSA) is 59.4 Å². The van der Waals surface area contributed by atoms with Crippen LogP contribution in [0.15, 0.2) is 18.2 Å². The van der Waals surface area contributed by atoms with Crippen molar-refractivity contribution in [3.8, 4) is 5.75 Å². The molecule has 1 aromatic rings. The molecule has 1 aliphatic heterocycles. The standard InChI is InChI=1S/C20H31N3O/c1-15(21)16-6-7-19(24)18(14-16)22-17-8-12-23(13-9-17)20(2)10-4-3-5-11-20/h6-7,14,17,21-22,24H,3-5,8-13H2,1-2H3. The number of nitrogens with zero attached hydrogens (tertiary/aromatic N) is 1. The van der Waals surface area contributed by atoms with Gasteiger partial charge in [0.15, 0.2) is 0 Å². The zero-order valence-corrected chi connectivity index (χ0v) is 15.1. The van der Waals surface area contributed by atoms with Crippen LogP contribution in [0.3, 0.4) is 0 Å². The summed E-state index contributed by atoms with van der Waals surface area (Å²) in [7, 11) is 0. The van der Waals surface area contributed by atoms with Gasteiger partial charge in [-0.15, -0.1) is 0 Å². The lowest BCUT2D eigenvalue weighted by Crippen LogP contribution is -2.52. The Labute approximate surface area is 145 Å². The number of likely N-dealkylation sites (tertiary alicyclic amines) is 1. The highest BCUT2D eigenvalue weighted by molar-refractivity contribution is 5.97. The van der Waals surface area contributed by atoms with Crippen LogP contribution in [0.5, 0.6) is 5.75 Å². The van der Waals surface area contributed by atoms with Crippen molar-refractivity contribution in [2.24, 2.45) is 0 Å². The van der Waals surface area contributed by atoms with Crippen molar-refractivity contribution >= 4 is 11.4 Å². The van der Waals surface area contributed by atoms with Crippen LogP contribution in [0.4, 0.5) is 5.69 Å². The lowest BCUT2D eigenvalue weighted by Gasteiger charge is -2.47. The number of piperidine rings is 1. The predicted octanol–water partition coefficient (Wildman–Crippen LogP) is 4.38. The number of aromatic hydroxyl groups is 1. The minimum Gasteiger partial charge on any atom is -0.506 e. The predicted molar refractivity (Wildman–Crippen MR) is 100 cm³/mol. The Hall–Kier alpha value is -1.55. The summed E-state index contributed by atoms with van der Waals surface area (Å²) in [4.78, 5) is 2.70. The number of hydrogen-bond donors (Lipinski definition) is 3. The molecule has 4 heteroatoms. The molecule has 0 atom stereocenters. The molecule has 0 amide bonds. The van der Waals surface area contributed by atoms with Crippen LogP contribution in [0, 0.1) is 5.41 Å². The zero-order chi connectivity index (χ0) is 17.2. The number of benzene rings is 1. The molecule has 1 aliphatic carbocycles. The van der Waals surface area contributed by atoms with Gasteiger partial charge in [-0.2, -0.15) is 0 Å². The lowest BCUT2D eigenvalue weighted by atomic mass is 9.80. The summed E-state index contributed by atoms with van der Waals surface area (Å²) in [5.74, 6) is 0.279. The van der Waals surface area contributed by atoms with Crippen molar-refractivity contribution in [1.82, 2.24) is 4.90 Å². The van der Waals surface area contributed by atoms with Crippen LogP contribution >= 0.6 is 0 Å². The lowest BCUT2D eigenvalue weighted by molar-refractivity contribution is 0.0457. The fraction of sp³-hybridized carbons (Fsp3) is 0.650.